The Hall–Kier alpha value is -1.13. The number of aryl methyl sites for hydroxylation is 2. The van der Waals surface area contributed by atoms with E-state index in [4.69, 9.17) is 5.73 Å². The Morgan fingerprint density at radius 3 is 2.24 bits per heavy atom. The Bertz CT molecular complexity index is 427. The van der Waals surface area contributed by atoms with Crippen molar-refractivity contribution in [1.29, 1.82) is 0 Å². The van der Waals surface area contributed by atoms with Gasteiger partial charge in [0.1, 0.15) is 0 Å². The summed E-state index contributed by atoms with van der Waals surface area (Å²) in [6, 6.07) is 2.18. The molecular formula is C17H32N4. The lowest BCUT2D eigenvalue weighted by atomic mass is 10.1. The summed E-state index contributed by atoms with van der Waals surface area (Å²) in [7, 11) is 0. The van der Waals surface area contributed by atoms with Gasteiger partial charge in [-0.25, -0.2) is 0 Å². The third-order valence-electron chi connectivity index (χ3n) is 4.16. The van der Waals surface area contributed by atoms with E-state index in [9.17, 15) is 0 Å². The average Bonchev–Trinajstić information content (AvgIpc) is 2.47. The van der Waals surface area contributed by atoms with Gasteiger partial charge in [-0.3, -0.25) is 4.98 Å². The highest BCUT2D eigenvalue weighted by molar-refractivity contribution is 5.56. The lowest BCUT2D eigenvalue weighted by molar-refractivity contribution is 0.300. The Labute approximate surface area is 130 Å². The Kier molecular flexibility index (Phi) is 7.68. The minimum Gasteiger partial charge on any atom is -0.371 e. The highest BCUT2D eigenvalue weighted by atomic mass is 15.1. The van der Waals surface area contributed by atoms with Gasteiger partial charge in [0.05, 0.1) is 0 Å². The SMILES string of the molecule is CCN(CC)CCCN(CC)c1cc(C)nc(C)c1CN. The van der Waals surface area contributed by atoms with E-state index in [1.165, 1.54) is 17.7 Å². The van der Waals surface area contributed by atoms with Crippen molar-refractivity contribution in [2.45, 2.75) is 47.6 Å². The summed E-state index contributed by atoms with van der Waals surface area (Å²) in [5.74, 6) is 0. The minimum absolute atomic E-state index is 0.557. The number of rotatable bonds is 9. The van der Waals surface area contributed by atoms with E-state index in [1.54, 1.807) is 0 Å². The van der Waals surface area contributed by atoms with Crippen LogP contribution < -0.4 is 10.6 Å². The molecule has 120 valence electrons. The van der Waals surface area contributed by atoms with Gasteiger partial charge in [0.15, 0.2) is 0 Å². The van der Waals surface area contributed by atoms with Crippen molar-refractivity contribution in [3.63, 3.8) is 0 Å². The van der Waals surface area contributed by atoms with E-state index in [1.807, 2.05) is 0 Å². The van der Waals surface area contributed by atoms with Crippen molar-refractivity contribution in [2.75, 3.05) is 37.6 Å². The minimum atomic E-state index is 0.557. The van der Waals surface area contributed by atoms with E-state index < -0.39 is 0 Å². The monoisotopic (exact) mass is 292 g/mol. The van der Waals surface area contributed by atoms with Crippen LogP contribution in [0, 0.1) is 13.8 Å². The fourth-order valence-corrected chi connectivity index (χ4v) is 2.84. The normalized spacial score (nSPS) is 11.2. The maximum atomic E-state index is 5.94. The van der Waals surface area contributed by atoms with E-state index in [2.05, 4.69) is 55.5 Å². The molecule has 0 aliphatic heterocycles. The number of anilines is 1. The molecule has 0 amide bonds. The first-order valence-corrected chi connectivity index (χ1v) is 8.21. The van der Waals surface area contributed by atoms with Crippen LogP contribution in [0.15, 0.2) is 6.07 Å². The zero-order chi connectivity index (χ0) is 15.8. The van der Waals surface area contributed by atoms with Crippen LogP contribution in [0.3, 0.4) is 0 Å². The summed E-state index contributed by atoms with van der Waals surface area (Å²) in [5, 5.41) is 0. The second-order valence-electron chi connectivity index (χ2n) is 5.51. The molecule has 0 saturated heterocycles. The van der Waals surface area contributed by atoms with Crippen LogP contribution in [0.2, 0.25) is 0 Å². The van der Waals surface area contributed by atoms with Crippen molar-refractivity contribution < 1.29 is 0 Å². The van der Waals surface area contributed by atoms with Crippen LogP contribution in [0.4, 0.5) is 5.69 Å². The molecule has 0 fully saturated rings. The Balaban J connectivity index is 2.80. The van der Waals surface area contributed by atoms with Gasteiger partial charge in [-0.15, -0.1) is 0 Å². The van der Waals surface area contributed by atoms with Crippen molar-refractivity contribution >= 4 is 5.69 Å². The Morgan fingerprint density at radius 2 is 1.71 bits per heavy atom. The second kappa shape index (κ2) is 9.00. The van der Waals surface area contributed by atoms with Gasteiger partial charge in [-0.05, 0) is 52.9 Å². The first-order valence-electron chi connectivity index (χ1n) is 8.21. The molecule has 0 aliphatic rings. The predicted octanol–water partition coefficient (Wildman–Crippen LogP) is 2.72. The average molecular weight is 292 g/mol. The van der Waals surface area contributed by atoms with Crippen LogP contribution in [0.5, 0.6) is 0 Å². The van der Waals surface area contributed by atoms with Crippen LogP contribution in [-0.4, -0.2) is 42.6 Å². The van der Waals surface area contributed by atoms with Gasteiger partial charge in [0.25, 0.3) is 0 Å². The fraction of sp³-hybridized carbons (Fsp3) is 0.706. The lowest BCUT2D eigenvalue weighted by Crippen LogP contribution is -2.31. The molecule has 0 aromatic carbocycles. The number of hydrogen-bond donors (Lipinski definition) is 1. The van der Waals surface area contributed by atoms with Crippen LogP contribution in [0.25, 0.3) is 0 Å². The Morgan fingerprint density at radius 1 is 1.05 bits per heavy atom. The van der Waals surface area contributed by atoms with Gasteiger partial charge >= 0.3 is 0 Å². The number of hydrogen-bond acceptors (Lipinski definition) is 4. The van der Waals surface area contributed by atoms with Crippen molar-refractivity contribution in [1.82, 2.24) is 9.88 Å². The zero-order valence-electron chi connectivity index (χ0n) is 14.4. The molecule has 1 rings (SSSR count). The summed E-state index contributed by atoms with van der Waals surface area (Å²) in [4.78, 5) is 9.45. The van der Waals surface area contributed by atoms with Crippen LogP contribution in [0.1, 0.15) is 44.1 Å². The largest absolute Gasteiger partial charge is 0.371 e. The predicted molar refractivity (Wildman–Crippen MR) is 91.9 cm³/mol. The molecule has 0 aliphatic carbocycles. The van der Waals surface area contributed by atoms with Gasteiger partial charge in [-0.1, -0.05) is 13.8 Å². The summed E-state index contributed by atoms with van der Waals surface area (Å²) in [6.07, 6.45) is 1.18. The summed E-state index contributed by atoms with van der Waals surface area (Å²) in [6.45, 7) is 16.8. The lowest BCUT2D eigenvalue weighted by Gasteiger charge is -2.28. The molecule has 0 bridgehead atoms. The highest BCUT2D eigenvalue weighted by Crippen LogP contribution is 2.23. The molecule has 0 atom stereocenters. The number of aromatic nitrogens is 1. The molecule has 0 radical (unpaired) electrons. The van der Waals surface area contributed by atoms with E-state index in [-0.39, 0.29) is 0 Å². The molecule has 1 aromatic rings. The quantitative estimate of drug-likeness (QED) is 0.760. The summed E-state index contributed by atoms with van der Waals surface area (Å²) >= 11 is 0. The summed E-state index contributed by atoms with van der Waals surface area (Å²) < 4.78 is 0. The van der Waals surface area contributed by atoms with Gasteiger partial charge in [0, 0.05) is 42.3 Å². The molecule has 0 saturated carbocycles. The van der Waals surface area contributed by atoms with Gasteiger partial charge in [-0.2, -0.15) is 0 Å². The molecular weight excluding hydrogens is 260 g/mol. The molecule has 4 heteroatoms. The maximum Gasteiger partial charge on any atom is 0.0448 e. The van der Waals surface area contributed by atoms with Gasteiger partial charge < -0.3 is 15.5 Å². The maximum absolute atomic E-state index is 5.94. The van der Waals surface area contributed by atoms with Crippen LogP contribution in [-0.2, 0) is 6.54 Å². The van der Waals surface area contributed by atoms with Gasteiger partial charge in [0.2, 0.25) is 0 Å². The second-order valence-corrected chi connectivity index (χ2v) is 5.51. The number of pyridine rings is 1. The topological polar surface area (TPSA) is 45.4 Å². The highest BCUT2D eigenvalue weighted by Gasteiger charge is 2.13. The molecule has 1 heterocycles. The van der Waals surface area contributed by atoms with E-state index in [0.717, 1.165) is 44.1 Å². The number of nitrogens with two attached hydrogens (primary N) is 1. The molecule has 2 N–H and O–H groups in total. The van der Waals surface area contributed by atoms with Crippen molar-refractivity contribution in [3.8, 4) is 0 Å². The molecule has 0 spiro atoms. The fourth-order valence-electron chi connectivity index (χ4n) is 2.84. The third-order valence-corrected chi connectivity index (χ3v) is 4.16. The molecule has 0 unspecified atom stereocenters. The smallest absolute Gasteiger partial charge is 0.0448 e. The van der Waals surface area contributed by atoms with Crippen LogP contribution >= 0.6 is 0 Å². The zero-order valence-corrected chi connectivity index (χ0v) is 14.4. The summed E-state index contributed by atoms with van der Waals surface area (Å²) in [5.41, 5.74) is 10.5. The third kappa shape index (κ3) is 4.97. The first kappa shape index (κ1) is 17.9. The first-order chi connectivity index (χ1) is 10.1. The van der Waals surface area contributed by atoms with E-state index >= 15 is 0 Å². The molecule has 1 aromatic heterocycles. The molecule has 21 heavy (non-hydrogen) atoms. The van der Waals surface area contributed by atoms with Crippen molar-refractivity contribution in [3.05, 3.63) is 23.0 Å². The number of nitrogens with zero attached hydrogens (tertiary/aromatic N) is 3. The molecule has 4 nitrogen and oxygen atoms in total. The van der Waals surface area contributed by atoms with E-state index in [0.29, 0.717) is 6.54 Å². The standard InChI is InChI=1S/C17H32N4/c1-6-20(7-2)10-9-11-21(8-3)17-12-14(4)19-15(5)16(17)13-18/h12H,6-11,13,18H2,1-5H3. The van der Waals surface area contributed by atoms with Crippen molar-refractivity contribution in [2.24, 2.45) is 5.73 Å².